The smallest absolute Gasteiger partial charge is 0.293 e. The van der Waals surface area contributed by atoms with Gasteiger partial charge in [-0.05, 0) is 56.6 Å². The van der Waals surface area contributed by atoms with Crippen LogP contribution in [0.2, 0.25) is 0 Å². The number of nitrogens with one attached hydrogen (secondary N) is 1. The Morgan fingerprint density at radius 1 is 1.31 bits per heavy atom. The van der Waals surface area contributed by atoms with Gasteiger partial charge in [-0.15, -0.1) is 0 Å². The van der Waals surface area contributed by atoms with Crippen molar-refractivity contribution in [2.75, 3.05) is 18.4 Å². The van der Waals surface area contributed by atoms with Gasteiger partial charge in [-0.2, -0.15) is 9.64 Å². The largest absolute Gasteiger partial charge is 0.456 e. The number of amides is 1. The summed E-state index contributed by atoms with van der Waals surface area (Å²) in [5.41, 5.74) is 2.18. The maximum Gasteiger partial charge on any atom is 0.293 e. The van der Waals surface area contributed by atoms with Crippen molar-refractivity contribution in [3.8, 4) is 17.2 Å². The van der Waals surface area contributed by atoms with E-state index >= 15 is 0 Å². The molecule has 1 aromatic carbocycles. The van der Waals surface area contributed by atoms with E-state index in [-0.39, 0.29) is 11.7 Å². The van der Waals surface area contributed by atoms with E-state index in [1.807, 2.05) is 12.1 Å². The van der Waals surface area contributed by atoms with Gasteiger partial charge in [-0.1, -0.05) is 18.6 Å². The Morgan fingerprint density at radius 2 is 2.14 bits per heavy atom. The van der Waals surface area contributed by atoms with Crippen LogP contribution >= 0.6 is 11.5 Å². The lowest BCUT2D eigenvalue weighted by molar-refractivity contribution is 0.0995. The van der Waals surface area contributed by atoms with Crippen molar-refractivity contribution in [2.45, 2.75) is 32.7 Å². The molecule has 148 valence electrons. The SMILES string of the molecule is Cc1oc(C(=O)Nc2nc(CN3CCCCC3)ns2)cc1-c1cccc(C#N)c1. The predicted molar refractivity (Wildman–Crippen MR) is 111 cm³/mol. The average Bonchev–Trinajstić information content (AvgIpc) is 3.35. The first-order valence-electron chi connectivity index (χ1n) is 9.59. The zero-order valence-electron chi connectivity index (χ0n) is 16.1. The summed E-state index contributed by atoms with van der Waals surface area (Å²) < 4.78 is 10.0. The van der Waals surface area contributed by atoms with Gasteiger partial charge < -0.3 is 4.42 Å². The standard InChI is InChI=1S/C21H21N5O2S/c1-14-17(16-7-5-6-15(10-16)12-22)11-18(28-14)20(27)24-21-23-19(25-29-21)13-26-8-3-2-4-9-26/h5-7,10-11H,2-4,8-9,13H2,1H3,(H,23,24,25,27). The second-order valence-corrected chi connectivity index (χ2v) is 7.83. The van der Waals surface area contributed by atoms with Crippen molar-refractivity contribution in [1.29, 1.82) is 5.26 Å². The normalized spacial score (nSPS) is 14.5. The second-order valence-electron chi connectivity index (χ2n) is 7.08. The van der Waals surface area contributed by atoms with Crippen LogP contribution in [0.25, 0.3) is 11.1 Å². The lowest BCUT2D eigenvalue weighted by Crippen LogP contribution is -2.29. The summed E-state index contributed by atoms with van der Waals surface area (Å²) >= 11 is 1.18. The number of piperidine rings is 1. The van der Waals surface area contributed by atoms with Crippen molar-refractivity contribution >= 4 is 22.6 Å². The number of benzene rings is 1. The molecule has 2 aromatic heterocycles. The monoisotopic (exact) mass is 407 g/mol. The highest BCUT2D eigenvalue weighted by Gasteiger charge is 2.18. The fourth-order valence-electron chi connectivity index (χ4n) is 3.48. The highest BCUT2D eigenvalue weighted by molar-refractivity contribution is 7.09. The molecule has 0 radical (unpaired) electrons. The van der Waals surface area contributed by atoms with Gasteiger partial charge >= 0.3 is 0 Å². The molecular formula is C21H21N5O2S. The molecule has 1 fully saturated rings. The summed E-state index contributed by atoms with van der Waals surface area (Å²) in [6, 6.07) is 11.0. The molecule has 0 unspecified atom stereocenters. The lowest BCUT2D eigenvalue weighted by atomic mass is 10.0. The van der Waals surface area contributed by atoms with Gasteiger partial charge in [0.05, 0.1) is 18.2 Å². The molecule has 1 aliphatic heterocycles. The van der Waals surface area contributed by atoms with Crippen molar-refractivity contribution in [2.24, 2.45) is 0 Å². The number of hydrogen-bond donors (Lipinski definition) is 1. The van der Waals surface area contributed by atoms with E-state index in [9.17, 15) is 4.79 Å². The van der Waals surface area contributed by atoms with E-state index in [0.29, 0.717) is 23.0 Å². The molecule has 0 spiro atoms. The topological polar surface area (TPSA) is 95.1 Å². The average molecular weight is 407 g/mol. The van der Waals surface area contributed by atoms with Crippen LogP contribution in [0.15, 0.2) is 34.7 Å². The molecule has 1 saturated heterocycles. The van der Waals surface area contributed by atoms with E-state index in [0.717, 1.165) is 30.0 Å². The number of likely N-dealkylation sites (tertiary alicyclic amines) is 1. The third-order valence-corrected chi connectivity index (χ3v) is 5.61. The zero-order chi connectivity index (χ0) is 20.2. The number of rotatable bonds is 5. The summed E-state index contributed by atoms with van der Waals surface area (Å²) in [7, 11) is 0. The lowest BCUT2D eigenvalue weighted by Gasteiger charge is -2.24. The fourth-order valence-corrected chi connectivity index (χ4v) is 4.06. The Balaban J connectivity index is 1.44. The molecule has 1 amide bonds. The Bertz CT molecular complexity index is 1060. The Kier molecular flexibility index (Phi) is 5.69. The van der Waals surface area contributed by atoms with Gasteiger partial charge in [0.1, 0.15) is 5.76 Å². The minimum Gasteiger partial charge on any atom is -0.456 e. The number of carbonyl (C=O) groups is 1. The third kappa shape index (κ3) is 4.53. The van der Waals surface area contributed by atoms with Gasteiger partial charge in [-0.25, -0.2) is 4.98 Å². The summed E-state index contributed by atoms with van der Waals surface area (Å²) in [4.78, 5) is 19.4. The van der Waals surface area contributed by atoms with Crippen molar-refractivity contribution < 1.29 is 9.21 Å². The van der Waals surface area contributed by atoms with E-state index in [4.69, 9.17) is 9.68 Å². The number of nitriles is 1. The van der Waals surface area contributed by atoms with Crippen LogP contribution in [0, 0.1) is 18.3 Å². The molecule has 0 atom stereocenters. The summed E-state index contributed by atoms with van der Waals surface area (Å²) in [6.45, 7) is 4.66. The van der Waals surface area contributed by atoms with Crippen LogP contribution < -0.4 is 5.32 Å². The number of anilines is 1. The quantitative estimate of drug-likeness (QED) is 0.680. The number of hydrogen-bond acceptors (Lipinski definition) is 7. The molecular weight excluding hydrogens is 386 g/mol. The number of furan rings is 1. The molecule has 8 heteroatoms. The molecule has 0 saturated carbocycles. The van der Waals surface area contributed by atoms with Crippen LogP contribution in [-0.2, 0) is 6.54 Å². The van der Waals surface area contributed by atoms with Crippen LogP contribution in [0.5, 0.6) is 0 Å². The van der Waals surface area contributed by atoms with Crippen LogP contribution in [0.4, 0.5) is 5.13 Å². The molecule has 1 aliphatic rings. The molecule has 1 N–H and O–H groups in total. The first-order valence-corrected chi connectivity index (χ1v) is 10.4. The minimum atomic E-state index is -0.364. The molecule has 0 bridgehead atoms. The Labute approximate surface area is 173 Å². The van der Waals surface area contributed by atoms with Crippen molar-refractivity contribution in [3.63, 3.8) is 0 Å². The van der Waals surface area contributed by atoms with Crippen LogP contribution in [0.1, 0.15) is 47.0 Å². The predicted octanol–water partition coefficient (Wildman–Crippen LogP) is 4.22. The molecule has 3 heterocycles. The second kappa shape index (κ2) is 8.55. The maximum absolute atomic E-state index is 12.6. The molecule has 0 aliphatic carbocycles. The first-order chi connectivity index (χ1) is 14.1. The van der Waals surface area contributed by atoms with Crippen LogP contribution in [-0.4, -0.2) is 33.3 Å². The first kappa shape index (κ1) is 19.3. The van der Waals surface area contributed by atoms with Gasteiger partial charge in [0.15, 0.2) is 11.6 Å². The zero-order valence-corrected chi connectivity index (χ0v) is 17.0. The number of aromatic nitrogens is 2. The Hall–Kier alpha value is -3.02. The number of aryl methyl sites for hydroxylation is 1. The maximum atomic E-state index is 12.6. The minimum absolute atomic E-state index is 0.202. The van der Waals surface area contributed by atoms with Gasteiger partial charge in [-0.3, -0.25) is 15.0 Å². The fraction of sp³-hybridized carbons (Fsp3) is 0.333. The summed E-state index contributed by atoms with van der Waals surface area (Å²) in [5, 5.41) is 12.3. The molecule has 7 nitrogen and oxygen atoms in total. The molecule has 3 aromatic rings. The summed E-state index contributed by atoms with van der Waals surface area (Å²) in [6.07, 6.45) is 3.71. The third-order valence-electron chi connectivity index (χ3n) is 4.95. The van der Waals surface area contributed by atoms with E-state index in [2.05, 4.69) is 25.6 Å². The molecule has 4 rings (SSSR count). The van der Waals surface area contributed by atoms with Crippen molar-refractivity contribution in [1.82, 2.24) is 14.3 Å². The molecule has 29 heavy (non-hydrogen) atoms. The van der Waals surface area contributed by atoms with Gasteiger partial charge in [0.2, 0.25) is 5.13 Å². The highest BCUT2D eigenvalue weighted by atomic mass is 32.1. The van der Waals surface area contributed by atoms with Crippen molar-refractivity contribution in [3.05, 3.63) is 53.2 Å². The highest BCUT2D eigenvalue weighted by Crippen LogP contribution is 2.28. The van der Waals surface area contributed by atoms with Gasteiger partial charge in [0.25, 0.3) is 5.91 Å². The Morgan fingerprint density at radius 3 is 2.93 bits per heavy atom. The number of carbonyl (C=O) groups excluding carboxylic acids is 1. The van der Waals surface area contributed by atoms with Gasteiger partial charge in [0, 0.05) is 17.1 Å². The van der Waals surface area contributed by atoms with E-state index in [1.54, 1.807) is 25.1 Å². The summed E-state index contributed by atoms with van der Waals surface area (Å²) in [5.74, 6) is 1.19. The van der Waals surface area contributed by atoms with E-state index in [1.165, 1.54) is 30.8 Å². The van der Waals surface area contributed by atoms with Crippen LogP contribution in [0.3, 0.4) is 0 Å². The number of nitrogens with zero attached hydrogens (tertiary/aromatic N) is 4. The van der Waals surface area contributed by atoms with E-state index < -0.39 is 0 Å².